The third-order valence-corrected chi connectivity index (χ3v) is 8.44. The highest BCUT2D eigenvalue weighted by Crippen LogP contribution is 2.55. The van der Waals surface area contributed by atoms with Crippen LogP contribution in [0.4, 0.5) is 5.69 Å². The van der Waals surface area contributed by atoms with Gasteiger partial charge in [-0.05, 0) is 73.7 Å². The number of carbonyl (C=O) groups is 4. The molecule has 38 heavy (non-hydrogen) atoms. The number of imide groups is 1. The molecular formula is C30H24ClNO6. The number of nitrogens with zero attached hydrogens (tertiary/aromatic N) is 1. The minimum absolute atomic E-state index is 0.0486. The Kier molecular flexibility index (Phi) is 5.65. The maximum atomic E-state index is 13.9. The molecule has 4 aliphatic rings. The van der Waals surface area contributed by atoms with E-state index in [9.17, 15) is 24.3 Å². The zero-order chi connectivity index (χ0) is 26.9. The zero-order valence-corrected chi connectivity index (χ0v) is 21.5. The molecule has 4 atom stereocenters. The molecule has 3 aliphatic carbocycles. The van der Waals surface area contributed by atoms with Gasteiger partial charge in [0.05, 0.1) is 24.6 Å². The summed E-state index contributed by atoms with van der Waals surface area (Å²) in [7, 11) is 1.44. The van der Waals surface area contributed by atoms with Gasteiger partial charge in [-0.15, -0.1) is 0 Å². The minimum Gasteiger partial charge on any atom is -0.504 e. The quantitative estimate of drug-likeness (QED) is 0.352. The highest BCUT2D eigenvalue weighted by Gasteiger charge is 2.56. The molecule has 0 spiro atoms. The van der Waals surface area contributed by atoms with Crippen LogP contribution in [0, 0.1) is 17.8 Å². The van der Waals surface area contributed by atoms with Crippen LogP contribution in [0.5, 0.6) is 11.5 Å². The van der Waals surface area contributed by atoms with E-state index in [4.69, 9.17) is 16.3 Å². The molecule has 0 bridgehead atoms. The molecule has 1 fully saturated rings. The molecule has 8 heteroatoms. The van der Waals surface area contributed by atoms with Crippen molar-refractivity contribution in [1.82, 2.24) is 0 Å². The molecule has 192 valence electrons. The number of allylic oxidation sites excluding steroid dienone is 6. The lowest BCUT2D eigenvalue weighted by Gasteiger charge is -2.42. The number of carbonyl (C=O) groups excluding carboxylic acids is 4. The second-order valence-electron chi connectivity index (χ2n) is 10.1. The van der Waals surface area contributed by atoms with E-state index < -0.39 is 23.7 Å². The second-order valence-corrected chi connectivity index (χ2v) is 10.6. The molecule has 2 aromatic carbocycles. The lowest BCUT2D eigenvalue weighted by Crippen LogP contribution is -2.39. The Bertz CT molecular complexity index is 1530. The number of rotatable bonds is 3. The van der Waals surface area contributed by atoms with E-state index in [2.05, 4.69) is 0 Å². The van der Waals surface area contributed by atoms with Gasteiger partial charge in [-0.25, -0.2) is 0 Å². The first-order chi connectivity index (χ1) is 18.2. The Balaban J connectivity index is 1.49. The number of ether oxygens (including phenoxy) is 1. The Labute approximate surface area is 224 Å². The van der Waals surface area contributed by atoms with Crippen molar-refractivity contribution in [3.63, 3.8) is 0 Å². The number of hydrogen-bond donors (Lipinski definition) is 1. The number of fused-ring (bicyclic) bond motifs is 3. The van der Waals surface area contributed by atoms with Crippen LogP contribution in [0.25, 0.3) is 0 Å². The number of Topliss-reactive ketones (excluding diaryl/α,β-unsaturated/α-hetero) is 1. The van der Waals surface area contributed by atoms with Crippen molar-refractivity contribution >= 4 is 40.7 Å². The third-order valence-electron chi connectivity index (χ3n) is 8.18. The summed E-state index contributed by atoms with van der Waals surface area (Å²) in [4.78, 5) is 55.3. The van der Waals surface area contributed by atoms with Crippen LogP contribution < -0.4 is 9.64 Å². The summed E-state index contributed by atoms with van der Waals surface area (Å²) >= 11 is 6.02. The van der Waals surface area contributed by atoms with Crippen molar-refractivity contribution in [3.8, 4) is 11.5 Å². The molecule has 0 aromatic heterocycles. The molecule has 0 radical (unpaired) electrons. The van der Waals surface area contributed by atoms with Gasteiger partial charge in [0, 0.05) is 27.7 Å². The van der Waals surface area contributed by atoms with Crippen molar-refractivity contribution in [1.29, 1.82) is 0 Å². The van der Waals surface area contributed by atoms with Crippen LogP contribution in [0.15, 0.2) is 76.9 Å². The first-order valence-electron chi connectivity index (χ1n) is 12.4. The van der Waals surface area contributed by atoms with Crippen LogP contribution in [-0.2, 0) is 19.2 Å². The smallest absolute Gasteiger partial charge is 0.238 e. The number of halogens is 1. The monoisotopic (exact) mass is 529 g/mol. The Morgan fingerprint density at radius 1 is 1.00 bits per heavy atom. The Morgan fingerprint density at radius 3 is 2.45 bits per heavy atom. The van der Waals surface area contributed by atoms with Crippen LogP contribution in [0.3, 0.4) is 0 Å². The van der Waals surface area contributed by atoms with E-state index in [1.165, 1.54) is 24.2 Å². The standard InChI is InChI=1S/C30H24ClNO6/c1-14-11-23(34)27-21(28(14)35)13-20-18(25(27)15-3-10-22(33)24(12-15)38-2)8-9-19-26(20)30(37)32(29(19)36)17-6-4-16(31)5-7-17/h3-8,10-12,19-20,25-26,33H,9,13H2,1-2H3. The van der Waals surface area contributed by atoms with Crippen LogP contribution in [0.2, 0.25) is 5.02 Å². The number of benzene rings is 2. The molecule has 6 rings (SSSR count). The van der Waals surface area contributed by atoms with E-state index in [0.29, 0.717) is 39.4 Å². The van der Waals surface area contributed by atoms with Gasteiger partial charge in [0.1, 0.15) is 0 Å². The number of ketones is 2. The Morgan fingerprint density at radius 2 is 1.74 bits per heavy atom. The first-order valence-corrected chi connectivity index (χ1v) is 12.8. The molecule has 2 aromatic rings. The van der Waals surface area contributed by atoms with Gasteiger partial charge in [-0.3, -0.25) is 24.1 Å². The molecule has 2 amide bonds. The summed E-state index contributed by atoms with van der Waals surface area (Å²) in [6.45, 7) is 1.62. The van der Waals surface area contributed by atoms with Crippen molar-refractivity contribution in [2.24, 2.45) is 17.8 Å². The van der Waals surface area contributed by atoms with E-state index in [0.717, 1.165) is 5.57 Å². The zero-order valence-electron chi connectivity index (χ0n) is 20.7. The van der Waals surface area contributed by atoms with Crippen LogP contribution in [0.1, 0.15) is 31.2 Å². The summed E-state index contributed by atoms with van der Waals surface area (Å²) in [5.74, 6) is -3.13. The molecule has 1 aliphatic heterocycles. The summed E-state index contributed by atoms with van der Waals surface area (Å²) in [6, 6.07) is 11.4. The molecule has 1 heterocycles. The summed E-state index contributed by atoms with van der Waals surface area (Å²) in [5, 5.41) is 10.7. The van der Waals surface area contributed by atoms with Gasteiger partial charge in [-0.2, -0.15) is 0 Å². The van der Waals surface area contributed by atoms with E-state index in [1.54, 1.807) is 43.3 Å². The lowest BCUT2D eigenvalue weighted by atomic mass is 9.59. The normalized spacial score (nSPS) is 26.6. The maximum absolute atomic E-state index is 13.9. The highest BCUT2D eigenvalue weighted by molar-refractivity contribution is 6.31. The average Bonchev–Trinajstić information content (AvgIpc) is 3.16. The maximum Gasteiger partial charge on any atom is 0.238 e. The van der Waals surface area contributed by atoms with Gasteiger partial charge in [0.25, 0.3) is 0 Å². The van der Waals surface area contributed by atoms with Crippen molar-refractivity contribution in [2.45, 2.75) is 25.7 Å². The van der Waals surface area contributed by atoms with Gasteiger partial charge in [-0.1, -0.05) is 29.3 Å². The molecule has 1 saturated heterocycles. The van der Waals surface area contributed by atoms with Gasteiger partial charge in [0.15, 0.2) is 23.1 Å². The van der Waals surface area contributed by atoms with E-state index in [-0.39, 0.29) is 41.3 Å². The minimum atomic E-state index is -0.664. The summed E-state index contributed by atoms with van der Waals surface area (Å²) in [6.07, 6.45) is 3.87. The molecule has 0 saturated carbocycles. The summed E-state index contributed by atoms with van der Waals surface area (Å²) < 4.78 is 5.32. The van der Waals surface area contributed by atoms with Crippen LogP contribution in [-0.4, -0.2) is 35.6 Å². The van der Waals surface area contributed by atoms with Crippen molar-refractivity contribution in [3.05, 3.63) is 87.5 Å². The number of amides is 2. The van der Waals surface area contributed by atoms with E-state index in [1.807, 2.05) is 6.08 Å². The summed E-state index contributed by atoms with van der Waals surface area (Å²) in [5.41, 5.74) is 3.10. The average molecular weight is 530 g/mol. The number of hydrogen-bond acceptors (Lipinski definition) is 6. The fraction of sp³-hybridized carbons (Fsp3) is 0.267. The molecule has 7 nitrogen and oxygen atoms in total. The predicted molar refractivity (Wildman–Crippen MR) is 140 cm³/mol. The Hall–Kier alpha value is -3.97. The largest absolute Gasteiger partial charge is 0.504 e. The van der Waals surface area contributed by atoms with Crippen molar-refractivity contribution < 1.29 is 29.0 Å². The lowest BCUT2D eigenvalue weighted by molar-refractivity contribution is -0.123. The van der Waals surface area contributed by atoms with Crippen molar-refractivity contribution in [2.75, 3.05) is 12.0 Å². The van der Waals surface area contributed by atoms with Gasteiger partial charge < -0.3 is 9.84 Å². The fourth-order valence-corrected chi connectivity index (χ4v) is 6.61. The van der Waals surface area contributed by atoms with Gasteiger partial charge >= 0.3 is 0 Å². The first kappa shape index (κ1) is 24.4. The number of phenols is 1. The third kappa shape index (κ3) is 3.49. The topological polar surface area (TPSA) is 101 Å². The SMILES string of the molecule is COc1cc(C2C3=CCC4C(=O)N(c5ccc(Cl)cc5)C(=O)C4C3CC3=C2C(=O)C=C(C)C3=O)ccc1O. The second kappa shape index (κ2) is 8.81. The fourth-order valence-electron chi connectivity index (χ4n) is 6.48. The molecular weight excluding hydrogens is 506 g/mol. The van der Waals surface area contributed by atoms with E-state index >= 15 is 0 Å². The highest BCUT2D eigenvalue weighted by atomic mass is 35.5. The number of methoxy groups -OCH3 is 1. The number of aromatic hydroxyl groups is 1. The molecule has 4 unspecified atom stereocenters. The number of anilines is 1. The van der Waals surface area contributed by atoms with Gasteiger partial charge in [0.2, 0.25) is 11.8 Å². The number of phenolic OH excluding ortho intramolecular Hbond substituents is 1. The molecule has 1 N–H and O–H groups in total. The predicted octanol–water partition coefficient (Wildman–Crippen LogP) is 4.69. The van der Waals surface area contributed by atoms with Crippen LogP contribution >= 0.6 is 11.6 Å².